The van der Waals surface area contributed by atoms with E-state index < -0.39 is 0 Å². The number of hydrogen-bond donors (Lipinski definition) is 1. The van der Waals surface area contributed by atoms with Crippen molar-refractivity contribution in [3.05, 3.63) is 42.7 Å². The normalized spacial score (nSPS) is 10.6. The number of nitrogens with zero attached hydrogens (tertiary/aromatic N) is 7. The van der Waals surface area contributed by atoms with Crippen LogP contribution in [0.5, 0.6) is 0 Å². The smallest absolute Gasteiger partial charge is 0.258 e. The first kappa shape index (κ1) is 12.9. The van der Waals surface area contributed by atoms with Gasteiger partial charge in [-0.05, 0) is 18.2 Å². The van der Waals surface area contributed by atoms with E-state index >= 15 is 0 Å². The van der Waals surface area contributed by atoms with E-state index in [4.69, 9.17) is 5.73 Å². The highest BCUT2D eigenvalue weighted by atomic mass is 19.1. The molecule has 0 amide bonds. The van der Waals surface area contributed by atoms with Crippen LogP contribution in [0.15, 0.2) is 36.9 Å². The molecule has 2 aromatic heterocycles. The third kappa shape index (κ3) is 2.61. The second-order valence-electron chi connectivity index (χ2n) is 4.17. The Hall–Kier alpha value is -3.10. The lowest BCUT2D eigenvalue weighted by atomic mass is 10.3. The molecule has 3 rings (SSSR count). The first-order valence-electron chi connectivity index (χ1n) is 5.99. The van der Waals surface area contributed by atoms with E-state index in [1.54, 1.807) is 24.1 Å². The van der Waals surface area contributed by atoms with Crippen molar-refractivity contribution in [2.75, 3.05) is 17.7 Å². The number of nitrogen functional groups attached to an aromatic ring is 1. The second-order valence-corrected chi connectivity index (χ2v) is 4.17. The van der Waals surface area contributed by atoms with Crippen molar-refractivity contribution >= 4 is 17.6 Å². The molecule has 0 aliphatic carbocycles. The molecule has 0 saturated heterocycles. The zero-order chi connectivity index (χ0) is 14.8. The third-order valence-corrected chi connectivity index (χ3v) is 2.75. The SMILES string of the molecule is CN(c1cccc(F)c1)c1nc(N)nc(-n2cncn2)n1. The van der Waals surface area contributed by atoms with Gasteiger partial charge in [-0.25, -0.2) is 9.37 Å². The minimum atomic E-state index is -0.349. The van der Waals surface area contributed by atoms with Crippen LogP contribution >= 0.6 is 0 Å². The van der Waals surface area contributed by atoms with Crippen molar-refractivity contribution < 1.29 is 4.39 Å². The van der Waals surface area contributed by atoms with E-state index in [-0.39, 0.29) is 23.7 Å². The highest BCUT2D eigenvalue weighted by Gasteiger charge is 2.12. The van der Waals surface area contributed by atoms with Crippen molar-refractivity contribution in [2.24, 2.45) is 0 Å². The molecule has 3 aromatic rings. The van der Waals surface area contributed by atoms with Gasteiger partial charge in [-0.15, -0.1) is 0 Å². The van der Waals surface area contributed by atoms with Crippen molar-refractivity contribution in [2.45, 2.75) is 0 Å². The van der Waals surface area contributed by atoms with E-state index in [1.165, 1.54) is 29.5 Å². The molecule has 0 atom stereocenters. The number of benzene rings is 1. The van der Waals surface area contributed by atoms with E-state index in [9.17, 15) is 4.39 Å². The van der Waals surface area contributed by atoms with Crippen LogP contribution in [-0.4, -0.2) is 36.8 Å². The standard InChI is InChI=1S/C12H11FN8/c1-20(9-4-2-3-8(13)5-9)11-17-10(14)18-12(19-11)21-7-15-6-16-21/h2-7H,1H3,(H2,14,17,18,19). The van der Waals surface area contributed by atoms with Crippen molar-refractivity contribution in [3.8, 4) is 5.95 Å². The maximum Gasteiger partial charge on any atom is 0.258 e. The highest BCUT2D eigenvalue weighted by molar-refractivity contribution is 5.57. The van der Waals surface area contributed by atoms with Crippen LogP contribution in [0.1, 0.15) is 0 Å². The van der Waals surface area contributed by atoms with Gasteiger partial charge in [0.05, 0.1) is 0 Å². The van der Waals surface area contributed by atoms with Gasteiger partial charge >= 0.3 is 0 Å². The first-order valence-corrected chi connectivity index (χ1v) is 5.99. The molecular weight excluding hydrogens is 275 g/mol. The number of hydrogen-bond acceptors (Lipinski definition) is 7. The summed E-state index contributed by atoms with van der Waals surface area (Å²) < 4.78 is 14.7. The molecule has 2 N–H and O–H groups in total. The average Bonchev–Trinajstić information content (AvgIpc) is 3.00. The predicted octanol–water partition coefficient (Wildman–Crippen LogP) is 0.941. The molecular formula is C12H11FN8. The fraction of sp³-hybridized carbons (Fsp3) is 0.0833. The minimum Gasteiger partial charge on any atom is -0.368 e. The molecule has 0 unspecified atom stereocenters. The van der Waals surface area contributed by atoms with E-state index in [0.29, 0.717) is 5.69 Å². The summed E-state index contributed by atoms with van der Waals surface area (Å²) in [5.41, 5.74) is 6.27. The molecule has 9 heteroatoms. The Bertz CT molecular complexity index is 758. The molecule has 0 spiro atoms. The predicted molar refractivity (Wildman–Crippen MR) is 73.6 cm³/mol. The molecule has 0 aliphatic rings. The summed E-state index contributed by atoms with van der Waals surface area (Å²) in [7, 11) is 1.70. The number of anilines is 3. The van der Waals surface area contributed by atoms with Crippen molar-refractivity contribution in [3.63, 3.8) is 0 Å². The van der Waals surface area contributed by atoms with Crippen LogP contribution in [0, 0.1) is 5.82 Å². The van der Waals surface area contributed by atoms with Crippen LogP contribution < -0.4 is 10.6 Å². The van der Waals surface area contributed by atoms with E-state index in [1.807, 2.05) is 0 Å². The molecule has 106 valence electrons. The van der Waals surface area contributed by atoms with Gasteiger partial charge in [0, 0.05) is 12.7 Å². The van der Waals surface area contributed by atoms with Gasteiger partial charge in [0.1, 0.15) is 18.5 Å². The van der Waals surface area contributed by atoms with Crippen molar-refractivity contribution in [1.29, 1.82) is 0 Å². The zero-order valence-electron chi connectivity index (χ0n) is 11.0. The van der Waals surface area contributed by atoms with Gasteiger partial charge in [-0.3, -0.25) is 0 Å². The summed E-state index contributed by atoms with van der Waals surface area (Å²) in [6.45, 7) is 0. The molecule has 21 heavy (non-hydrogen) atoms. The maximum absolute atomic E-state index is 13.3. The second kappa shape index (κ2) is 5.12. The lowest BCUT2D eigenvalue weighted by molar-refractivity contribution is 0.628. The molecule has 8 nitrogen and oxygen atoms in total. The van der Waals surface area contributed by atoms with Crippen LogP contribution in [-0.2, 0) is 0 Å². The molecule has 2 heterocycles. The molecule has 0 bridgehead atoms. The molecule has 0 saturated carbocycles. The Labute approximate surface area is 119 Å². The Kier molecular flexibility index (Phi) is 3.14. The number of rotatable bonds is 3. The quantitative estimate of drug-likeness (QED) is 0.765. The van der Waals surface area contributed by atoms with Crippen molar-refractivity contribution in [1.82, 2.24) is 29.7 Å². The summed E-state index contributed by atoms with van der Waals surface area (Å²) in [6, 6.07) is 6.07. The van der Waals surface area contributed by atoms with Crippen LogP contribution in [0.2, 0.25) is 0 Å². The van der Waals surface area contributed by atoms with Crippen LogP contribution in [0.4, 0.5) is 22.0 Å². The molecule has 0 fully saturated rings. The number of halogens is 1. The largest absolute Gasteiger partial charge is 0.368 e. The summed E-state index contributed by atoms with van der Waals surface area (Å²) in [5.74, 6) is 0.198. The summed E-state index contributed by atoms with van der Waals surface area (Å²) in [4.78, 5) is 17.7. The van der Waals surface area contributed by atoms with Gasteiger partial charge in [-0.2, -0.15) is 24.7 Å². The topological polar surface area (TPSA) is 98.6 Å². The monoisotopic (exact) mass is 286 g/mol. The third-order valence-electron chi connectivity index (χ3n) is 2.75. The Morgan fingerprint density at radius 1 is 1.24 bits per heavy atom. The minimum absolute atomic E-state index is 0.0359. The summed E-state index contributed by atoms with van der Waals surface area (Å²) in [6.07, 6.45) is 2.80. The summed E-state index contributed by atoms with van der Waals surface area (Å²) in [5, 5.41) is 3.93. The Balaban J connectivity index is 2.02. The molecule has 0 radical (unpaired) electrons. The van der Waals surface area contributed by atoms with Gasteiger partial charge in [0.2, 0.25) is 11.9 Å². The van der Waals surface area contributed by atoms with Gasteiger partial charge in [0.15, 0.2) is 0 Å². The van der Waals surface area contributed by atoms with Crippen LogP contribution in [0.3, 0.4) is 0 Å². The molecule has 0 aliphatic heterocycles. The highest BCUT2D eigenvalue weighted by Crippen LogP contribution is 2.21. The fourth-order valence-electron chi connectivity index (χ4n) is 1.73. The van der Waals surface area contributed by atoms with E-state index in [0.717, 1.165) is 0 Å². The molecule has 1 aromatic carbocycles. The fourth-order valence-corrected chi connectivity index (χ4v) is 1.73. The first-order chi connectivity index (χ1) is 10.1. The van der Waals surface area contributed by atoms with Gasteiger partial charge in [-0.1, -0.05) is 6.07 Å². The number of nitrogens with two attached hydrogens (primary N) is 1. The Morgan fingerprint density at radius 3 is 2.81 bits per heavy atom. The van der Waals surface area contributed by atoms with Crippen LogP contribution in [0.25, 0.3) is 5.95 Å². The summed E-state index contributed by atoms with van der Waals surface area (Å²) >= 11 is 0. The average molecular weight is 286 g/mol. The van der Waals surface area contributed by atoms with E-state index in [2.05, 4.69) is 25.0 Å². The van der Waals surface area contributed by atoms with Gasteiger partial charge < -0.3 is 10.6 Å². The zero-order valence-corrected chi connectivity index (χ0v) is 11.0. The maximum atomic E-state index is 13.3. The Morgan fingerprint density at radius 2 is 2.10 bits per heavy atom. The number of aromatic nitrogens is 6. The lowest BCUT2D eigenvalue weighted by Crippen LogP contribution is -2.17. The van der Waals surface area contributed by atoms with Gasteiger partial charge in [0.25, 0.3) is 5.95 Å². The lowest BCUT2D eigenvalue weighted by Gasteiger charge is -2.17.